The van der Waals surface area contributed by atoms with Crippen LogP contribution in [0.2, 0.25) is 0 Å². The van der Waals surface area contributed by atoms with Gasteiger partial charge in [0.1, 0.15) is 5.72 Å². The number of alkyl halides is 3. The lowest BCUT2D eigenvalue weighted by atomic mass is 10.0. The molecule has 186 valence electrons. The summed E-state index contributed by atoms with van der Waals surface area (Å²) in [5, 5.41) is 2.14. The van der Waals surface area contributed by atoms with Crippen molar-refractivity contribution in [3.05, 3.63) is 53.9 Å². The summed E-state index contributed by atoms with van der Waals surface area (Å²) in [5.74, 6) is -1.43. The number of hydrogen-bond acceptors (Lipinski definition) is 5. The lowest BCUT2D eigenvalue weighted by Gasteiger charge is -2.32. The third-order valence-electron chi connectivity index (χ3n) is 5.85. The highest BCUT2D eigenvalue weighted by Crippen LogP contribution is 2.29. The van der Waals surface area contributed by atoms with Crippen molar-refractivity contribution in [3.63, 3.8) is 0 Å². The fourth-order valence-corrected chi connectivity index (χ4v) is 3.99. The largest absolute Gasteiger partial charge is 0.379 e. The van der Waals surface area contributed by atoms with Gasteiger partial charge >= 0.3 is 6.43 Å². The van der Waals surface area contributed by atoms with Gasteiger partial charge in [-0.1, -0.05) is 30.3 Å². The van der Waals surface area contributed by atoms with E-state index in [1.165, 1.54) is 13.8 Å². The normalized spacial score (nSPS) is 16.9. The number of halogens is 3. The number of morpholine rings is 1. The average molecular weight is 480 g/mol. The van der Waals surface area contributed by atoms with Gasteiger partial charge in [-0.3, -0.25) is 19.1 Å². The number of carbonyl (C=O) groups excluding carboxylic acids is 1. The van der Waals surface area contributed by atoms with Crippen LogP contribution < -0.4 is 5.32 Å². The lowest BCUT2D eigenvalue weighted by molar-refractivity contribution is -0.148. The minimum atomic E-state index is -3.15. The van der Waals surface area contributed by atoms with E-state index in [0.29, 0.717) is 5.56 Å². The summed E-state index contributed by atoms with van der Waals surface area (Å²) in [4.78, 5) is 18.4. The number of pyridine rings is 1. The standard InChI is InChI=1S/C25H32F3N3O3/c1-17(31-12-14-33-15-13-31)21-9-8-20(16-29-21)18-4-6-19(7-5-18)22(10-11-26)34-25(2,3)30-24(32)23(27)28/h4-9,16-17,22-23H,10-15H2,1-3H3,(H,30,32). The molecule has 1 aromatic heterocycles. The van der Waals surface area contributed by atoms with Crippen LogP contribution in [0.25, 0.3) is 11.1 Å². The number of nitrogens with zero attached hydrogens (tertiary/aromatic N) is 2. The Hall–Kier alpha value is -2.49. The fourth-order valence-electron chi connectivity index (χ4n) is 3.99. The molecule has 2 aromatic rings. The SMILES string of the molecule is CC(c1ccc(-c2ccc(C(CCF)OC(C)(C)NC(=O)C(F)F)cc2)cn1)N1CCOCC1. The van der Waals surface area contributed by atoms with Gasteiger partial charge in [0.05, 0.1) is 31.7 Å². The van der Waals surface area contributed by atoms with Gasteiger partial charge in [-0.2, -0.15) is 8.78 Å². The molecule has 0 saturated carbocycles. The molecule has 9 heteroatoms. The van der Waals surface area contributed by atoms with Crippen molar-refractivity contribution in [2.45, 2.75) is 51.5 Å². The Balaban J connectivity index is 1.69. The summed E-state index contributed by atoms with van der Waals surface area (Å²) in [6.45, 7) is 7.63. The third kappa shape index (κ3) is 7.01. The van der Waals surface area contributed by atoms with E-state index < -0.39 is 30.8 Å². The summed E-state index contributed by atoms with van der Waals surface area (Å²) < 4.78 is 49.6. The Labute approximate surface area is 198 Å². The first-order chi connectivity index (χ1) is 16.2. The van der Waals surface area contributed by atoms with Gasteiger partial charge in [0.15, 0.2) is 0 Å². The molecule has 0 radical (unpaired) electrons. The minimum Gasteiger partial charge on any atom is -0.379 e. The van der Waals surface area contributed by atoms with E-state index in [4.69, 9.17) is 9.47 Å². The van der Waals surface area contributed by atoms with Gasteiger partial charge in [0.25, 0.3) is 5.91 Å². The Kier molecular flexibility index (Phi) is 9.04. The minimum absolute atomic E-state index is 0.0308. The molecule has 2 unspecified atom stereocenters. The summed E-state index contributed by atoms with van der Waals surface area (Å²) in [5.41, 5.74) is 2.17. The van der Waals surface area contributed by atoms with Gasteiger partial charge < -0.3 is 14.8 Å². The lowest BCUT2D eigenvalue weighted by Crippen LogP contribution is -2.48. The predicted octanol–water partition coefficient (Wildman–Crippen LogP) is 4.68. The van der Waals surface area contributed by atoms with E-state index in [9.17, 15) is 18.0 Å². The maximum atomic E-state index is 13.2. The zero-order chi connectivity index (χ0) is 24.7. The zero-order valence-corrected chi connectivity index (χ0v) is 19.8. The van der Waals surface area contributed by atoms with E-state index in [2.05, 4.69) is 22.1 Å². The second-order valence-electron chi connectivity index (χ2n) is 8.80. The molecule has 1 N–H and O–H groups in total. The van der Waals surface area contributed by atoms with E-state index in [1.807, 2.05) is 42.6 Å². The molecule has 1 fully saturated rings. The van der Waals surface area contributed by atoms with Crippen molar-refractivity contribution < 1.29 is 27.4 Å². The van der Waals surface area contributed by atoms with E-state index >= 15 is 0 Å². The van der Waals surface area contributed by atoms with Crippen LogP contribution in [-0.2, 0) is 14.3 Å². The molecule has 0 bridgehead atoms. The molecular formula is C25H32F3N3O3. The smallest absolute Gasteiger partial charge is 0.315 e. The quantitative estimate of drug-likeness (QED) is 0.502. The Morgan fingerprint density at radius 2 is 1.79 bits per heavy atom. The highest BCUT2D eigenvalue weighted by molar-refractivity contribution is 5.79. The number of benzene rings is 1. The highest BCUT2D eigenvalue weighted by Gasteiger charge is 2.29. The maximum Gasteiger partial charge on any atom is 0.315 e. The molecule has 1 aliphatic heterocycles. The van der Waals surface area contributed by atoms with Crippen LogP contribution in [0.5, 0.6) is 0 Å². The number of carbonyl (C=O) groups is 1. The van der Waals surface area contributed by atoms with Crippen molar-refractivity contribution in [1.29, 1.82) is 0 Å². The summed E-state index contributed by atoms with van der Waals surface area (Å²) >= 11 is 0. The second-order valence-corrected chi connectivity index (χ2v) is 8.80. The first kappa shape index (κ1) is 26.1. The average Bonchev–Trinajstić information content (AvgIpc) is 2.83. The molecule has 1 aliphatic rings. The molecule has 0 aliphatic carbocycles. The third-order valence-corrected chi connectivity index (χ3v) is 5.85. The van der Waals surface area contributed by atoms with Gasteiger partial charge in [-0.15, -0.1) is 0 Å². The Bertz CT molecular complexity index is 917. The van der Waals surface area contributed by atoms with Gasteiger partial charge in [-0.05, 0) is 38.0 Å². The molecular weight excluding hydrogens is 447 g/mol. The number of amides is 1. The molecule has 3 rings (SSSR count). The first-order valence-corrected chi connectivity index (χ1v) is 11.4. The number of hydrogen-bond donors (Lipinski definition) is 1. The summed E-state index contributed by atoms with van der Waals surface area (Å²) in [7, 11) is 0. The van der Waals surface area contributed by atoms with Crippen LogP contribution in [0.3, 0.4) is 0 Å². The van der Waals surface area contributed by atoms with E-state index in [1.54, 1.807) is 0 Å². The molecule has 6 nitrogen and oxygen atoms in total. The zero-order valence-electron chi connectivity index (χ0n) is 19.8. The van der Waals surface area contributed by atoms with Crippen LogP contribution in [0.4, 0.5) is 13.2 Å². The number of rotatable bonds is 10. The van der Waals surface area contributed by atoms with Gasteiger partial charge in [0.2, 0.25) is 0 Å². The second kappa shape index (κ2) is 11.8. The van der Waals surface area contributed by atoms with Crippen LogP contribution in [0.15, 0.2) is 42.6 Å². The van der Waals surface area contributed by atoms with E-state index in [0.717, 1.165) is 43.1 Å². The predicted molar refractivity (Wildman–Crippen MR) is 123 cm³/mol. The Morgan fingerprint density at radius 3 is 2.35 bits per heavy atom. The molecule has 1 amide bonds. The van der Waals surface area contributed by atoms with Crippen molar-refractivity contribution in [3.8, 4) is 11.1 Å². The monoisotopic (exact) mass is 479 g/mol. The number of nitrogens with one attached hydrogen (secondary N) is 1. The topological polar surface area (TPSA) is 63.7 Å². The fraction of sp³-hybridized carbons (Fsp3) is 0.520. The Morgan fingerprint density at radius 1 is 1.15 bits per heavy atom. The van der Waals surface area contributed by atoms with Gasteiger partial charge in [0, 0.05) is 37.3 Å². The molecule has 1 aromatic carbocycles. The summed E-state index contributed by atoms with van der Waals surface area (Å²) in [6, 6.07) is 11.6. The summed E-state index contributed by atoms with van der Waals surface area (Å²) in [6.07, 6.45) is -2.00. The highest BCUT2D eigenvalue weighted by atomic mass is 19.3. The number of ether oxygens (including phenoxy) is 2. The van der Waals surface area contributed by atoms with E-state index in [-0.39, 0.29) is 12.5 Å². The van der Waals surface area contributed by atoms with Crippen molar-refractivity contribution >= 4 is 5.91 Å². The van der Waals surface area contributed by atoms with Crippen LogP contribution >= 0.6 is 0 Å². The van der Waals surface area contributed by atoms with Crippen molar-refractivity contribution in [2.75, 3.05) is 33.0 Å². The van der Waals surface area contributed by atoms with Crippen LogP contribution in [-0.4, -0.2) is 60.9 Å². The molecule has 1 saturated heterocycles. The van der Waals surface area contributed by atoms with Gasteiger partial charge in [-0.25, -0.2) is 0 Å². The number of aromatic nitrogens is 1. The van der Waals surface area contributed by atoms with Crippen molar-refractivity contribution in [2.24, 2.45) is 0 Å². The molecule has 2 heterocycles. The molecule has 34 heavy (non-hydrogen) atoms. The first-order valence-electron chi connectivity index (χ1n) is 11.4. The van der Waals surface area contributed by atoms with Crippen LogP contribution in [0, 0.1) is 0 Å². The molecule has 2 atom stereocenters. The van der Waals surface area contributed by atoms with Crippen LogP contribution in [0.1, 0.15) is 50.6 Å². The van der Waals surface area contributed by atoms with Crippen molar-refractivity contribution in [1.82, 2.24) is 15.2 Å². The maximum absolute atomic E-state index is 13.2. The molecule has 0 spiro atoms.